The molecule has 5 nitrogen and oxygen atoms in total. The van der Waals surface area contributed by atoms with Crippen LogP contribution in [0.3, 0.4) is 0 Å². The Morgan fingerprint density at radius 1 is 1.17 bits per heavy atom. The summed E-state index contributed by atoms with van der Waals surface area (Å²) >= 11 is 1.28. The molecule has 1 atom stereocenters. The van der Waals surface area contributed by atoms with E-state index in [1.807, 2.05) is 49.4 Å². The standard InChI is InChI=1S/C18H20N2O3S/c1-12-7-9-14(10-8-12)23-13(2)18(22)20-15-5-3-4-6-16(15)24-11-17(19)21/h3-10,13H,11H2,1-2H3,(H2,19,21)(H,20,22)/t13-/m0/s1. The average Bonchev–Trinajstić information content (AvgIpc) is 2.56. The molecule has 2 rings (SSSR count). The van der Waals surface area contributed by atoms with Gasteiger partial charge in [0.2, 0.25) is 5.91 Å². The number of aryl methyl sites for hydroxylation is 1. The minimum atomic E-state index is -0.651. The Kier molecular flexibility index (Phi) is 6.26. The number of thioether (sulfide) groups is 1. The maximum absolute atomic E-state index is 12.3. The van der Waals surface area contributed by atoms with Crippen LogP contribution in [0.5, 0.6) is 5.75 Å². The van der Waals surface area contributed by atoms with E-state index >= 15 is 0 Å². The van der Waals surface area contributed by atoms with Gasteiger partial charge in [0.1, 0.15) is 5.75 Å². The van der Waals surface area contributed by atoms with Gasteiger partial charge in [-0.25, -0.2) is 0 Å². The van der Waals surface area contributed by atoms with Gasteiger partial charge in [-0.15, -0.1) is 11.8 Å². The van der Waals surface area contributed by atoms with Gasteiger partial charge in [-0.1, -0.05) is 29.8 Å². The van der Waals surface area contributed by atoms with E-state index in [2.05, 4.69) is 5.32 Å². The second-order valence-electron chi connectivity index (χ2n) is 5.31. The molecule has 2 aromatic rings. The summed E-state index contributed by atoms with van der Waals surface area (Å²) in [7, 11) is 0. The van der Waals surface area contributed by atoms with Crippen LogP contribution in [0.2, 0.25) is 0 Å². The maximum Gasteiger partial charge on any atom is 0.265 e. The molecular weight excluding hydrogens is 324 g/mol. The molecule has 0 unspecified atom stereocenters. The Morgan fingerprint density at radius 2 is 1.83 bits per heavy atom. The van der Waals surface area contributed by atoms with E-state index < -0.39 is 12.0 Å². The summed E-state index contributed by atoms with van der Waals surface area (Å²) in [5, 5.41) is 2.83. The molecule has 0 bridgehead atoms. The van der Waals surface area contributed by atoms with Gasteiger partial charge >= 0.3 is 0 Å². The van der Waals surface area contributed by atoms with Crippen molar-refractivity contribution in [1.82, 2.24) is 0 Å². The highest BCUT2D eigenvalue weighted by molar-refractivity contribution is 8.00. The Balaban J connectivity index is 2.00. The largest absolute Gasteiger partial charge is 0.481 e. The fraction of sp³-hybridized carbons (Fsp3) is 0.222. The number of nitrogens with two attached hydrogens (primary N) is 1. The topological polar surface area (TPSA) is 81.4 Å². The van der Waals surface area contributed by atoms with Gasteiger partial charge in [-0.3, -0.25) is 9.59 Å². The quantitative estimate of drug-likeness (QED) is 0.757. The number of hydrogen-bond donors (Lipinski definition) is 2. The van der Waals surface area contributed by atoms with E-state index in [9.17, 15) is 9.59 Å². The Labute approximate surface area is 145 Å². The van der Waals surface area contributed by atoms with Crippen molar-refractivity contribution in [1.29, 1.82) is 0 Å². The predicted octanol–water partition coefficient (Wildman–Crippen LogP) is 2.98. The monoisotopic (exact) mass is 344 g/mol. The molecule has 0 saturated carbocycles. The van der Waals surface area contributed by atoms with Crippen molar-refractivity contribution < 1.29 is 14.3 Å². The predicted molar refractivity (Wildman–Crippen MR) is 96.3 cm³/mol. The van der Waals surface area contributed by atoms with E-state index in [0.29, 0.717) is 11.4 Å². The van der Waals surface area contributed by atoms with Gasteiger partial charge in [0.05, 0.1) is 11.4 Å². The molecule has 0 saturated heterocycles. The number of carbonyl (C=O) groups excluding carboxylic acids is 2. The number of nitrogens with one attached hydrogen (secondary N) is 1. The Hall–Kier alpha value is -2.47. The van der Waals surface area contributed by atoms with Crippen molar-refractivity contribution in [3.8, 4) is 5.75 Å². The Morgan fingerprint density at radius 3 is 2.50 bits per heavy atom. The molecule has 0 heterocycles. The van der Waals surface area contributed by atoms with Crippen LogP contribution in [0.1, 0.15) is 12.5 Å². The lowest BCUT2D eigenvalue weighted by molar-refractivity contribution is -0.122. The molecule has 24 heavy (non-hydrogen) atoms. The lowest BCUT2D eigenvalue weighted by Gasteiger charge is -2.16. The summed E-state index contributed by atoms with van der Waals surface area (Å²) in [5.74, 6) is 0.127. The van der Waals surface area contributed by atoms with E-state index in [-0.39, 0.29) is 11.7 Å². The van der Waals surface area contributed by atoms with Crippen LogP contribution in [-0.2, 0) is 9.59 Å². The van der Waals surface area contributed by atoms with Crippen LogP contribution in [0, 0.1) is 6.92 Å². The molecule has 0 aliphatic carbocycles. The highest BCUT2D eigenvalue weighted by Gasteiger charge is 2.16. The minimum Gasteiger partial charge on any atom is -0.481 e. The number of hydrogen-bond acceptors (Lipinski definition) is 4. The molecule has 2 aromatic carbocycles. The van der Waals surface area contributed by atoms with E-state index in [1.54, 1.807) is 13.0 Å². The van der Waals surface area contributed by atoms with Gasteiger partial charge in [0, 0.05) is 4.90 Å². The van der Waals surface area contributed by atoms with Crippen molar-refractivity contribution >= 4 is 29.3 Å². The zero-order valence-corrected chi connectivity index (χ0v) is 14.4. The van der Waals surface area contributed by atoms with Gasteiger partial charge < -0.3 is 15.8 Å². The smallest absolute Gasteiger partial charge is 0.265 e. The summed E-state index contributed by atoms with van der Waals surface area (Å²) in [4.78, 5) is 24.1. The lowest BCUT2D eigenvalue weighted by atomic mass is 10.2. The van der Waals surface area contributed by atoms with Gasteiger partial charge in [-0.05, 0) is 38.1 Å². The summed E-state index contributed by atoms with van der Waals surface area (Å²) < 4.78 is 5.65. The maximum atomic E-state index is 12.3. The zero-order chi connectivity index (χ0) is 17.5. The average molecular weight is 344 g/mol. The summed E-state index contributed by atoms with van der Waals surface area (Å²) in [6.07, 6.45) is -0.651. The molecule has 3 N–H and O–H groups in total. The van der Waals surface area contributed by atoms with Crippen LogP contribution in [0.25, 0.3) is 0 Å². The summed E-state index contributed by atoms with van der Waals surface area (Å²) in [6.45, 7) is 3.68. The van der Waals surface area contributed by atoms with Gasteiger partial charge in [-0.2, -0.15) is 0 Å². The second-order valence-corrected chi connectivity index (χ2v) is 6.33. The van der Waals surface area contributed by atoms with Gasteiger partial charge in [0.15, 0.2) is 6.10 Å². The number of carbonyl (C=O) groups is 2. The third-order valence-corrected chi connectivity index (χ3v) is 4.31. The molecular formula is C18H20N2O3S. The molecule has 126 valence electrons. The van der Waals surface area contributed by atoms with Crippen molar-refractivity contribution in [2.24, 2.45) is 5.73 Å². The van der Waals surface area contributed by atoms with Crippen LogP contribution in [0.4, 0.5) is 5.69 Å². The number of rotatable bonds is 7. The number of benzene rings is 2. The highest BCUT2D eigenvalue weighted by atomic mass is 32.2. The first kappa shape index (κ1) is 17.9. The molecule has 0 fully saturated rings. The zero-order valence-electron chi connectivity index (χ0n) is 13.6. The first-order valence-corrected chi connectivity index (χ1v) is 8.48. The number of ether oxygens (including phenoxy) is 1. The number of anilines is 1. The molecule has 2 amide bonds. The van der Waals surface area contributed by atoms with Gasteiger partial charge in [0.25, 0.3) is 5.91 Å². The SMILES string of the molecule is Cc1ccc(O[C@@H](C)C(=O)Nc2ccccc2SCC(N)=O)cc1. The van der Waals surface area contributed by atoms with E-state index in [4.69, 9.17) is 10.5 Å². The van der Waals surface area contributed by atoms with Crippen LogP contribution in [-0.4, -0.2) is 23.7 Å². The van der Waals surface area contributed by atoms with Crippen molar-refractivity contribution in [2.75, 3.05) is 11.1 Å². The van der Waals surface area contributed by atoms with Crippen molar-refractivity contribution in [2.45, 2.75) is 24.8 Å². The van der Waals surface area contributed by atoms with Crippen LogP contribution >= 0.6 is 11.8 Å². The first-order valence-electron chi connectivity index (χ1n) is 7.50. The van der Waals surface area contributed by atoms with Crippen LogP contribution in [0.15, 0.2) is 53.4 Å². The van der Waals surface area contributed by atoms with Crippen molar-refractivity contribution in [3.05, 3.63) is 54.1 Å². The summed E-state index contributed by atoms with van der Waals surface area (Å²) in [6, 6.07) is 14.8. The molecule has 0 aromatic heterocycles. The molecule has 0 aliphatic rings. The molecule has 6 heteroatoms. The third-order valence-electron chi connectivity index (χ3n) is 3.22. The molecule has 0 aliphatic heterocycles. The first-order chi connectivity index (χ1) is 11.5. The van der Waals surface area contributed by atoms with Crippen molar-refractivity contribution in [3.63, 3.8) is 0 Å². The number of primary amides is 1. The fourth-order valence-corrected chi connectivity index (χ4v) is 2.70. The molecule has 0 spiro atoms. The lowest BCUT2D eigenvalue weighted by Crippen LogP contribution is -2.30. The van der Waals surface area contributed by atoms with Crippen LogP contribution < -0.4 is 15.8 Å². The second kappa shape index (κ2) is 8.40. The normalized spacial score (nSPS) is 11.6. The van der Waals surface area contributed by atoms with E-state index in [0.717, 1.165) is 10.5 Å². The third kappa shape index (κ3) is 5.31. The number of amides is 2. The van der Waals surface area contributed by atoms with E-state index in [1.165, 1.54) is 11.8 Å². The molecule has 0 radical (unpaired) electrons. The summed E-state index contributed by atoms with van der Waals surface area (Å²) in [5.41, 5.74) is 6.93. The number of para-hydroxylation sites is 1. The highest BCUT2D eigenvalue weighted by Crippen LogP contribution is 2.27. The Bertz CT molecular complexity index is 716. The minimum absolute atomic E-state index is 0.155. The fourth-order valence-electron chi connectivity index (χ4n) is 1.95.